The monoisotopic (exact) mass is 399 g/mol. The minimum Gasteiger partial charge on any atom is -0.368 e. The Balaban J connectivity index is 1.39. The van der Waals surface area contributed by atoms with Crippen LogP contribution in [0.25, 0.3) is 11.0 Å². The van der Waals surface area contributed by atoms with Crippen molar-refractivity contribution in [3.8, 4) is 0 Å². The van der Waals surface area contributed by atoms with Crippen LogP contribution in [0.1, 0.15) is 30.2 Å². The van der Waals surface area contributed by atoms with Gasteiger partial charge in [-0.25, -0.2) is 8.78 Å². The zero-order valence-corrected chi connectivity index (χ0v) is 16.2. The van der Waals surface area contributed by atoms with E-state index in [0.717, 1.165) is 60.6 Å². The molecule has 0 radical (unpaired) electrons. The molecule has 8 heteroatoms. The van der Waals surface area contributed by atoms with Gasteiger partial charge in [0, 0.05) is 44.5 Å². The highest BCUT2D eigenvalue weighted by atomic mass is 19.3. The van der Waals surface area contributed by atoms with E-state index < -0.39 is 6.43 Å². The number of piperazine rings is 1. The molecule has 0 aliphatic carbocycles. The Morgan fingerprint density at radius 2 is 1.90 bits per heavy atom. The van der Waals surface area contributed by atoms with Gasteiger partial charge in [-0.2, -0.15) is 0 Å². The number of pyridine rings is 3. The van der Waals surface area contributed by atoms with Crippen molar-refractivity contribution in [2.75, 3.05) is 31.1 Å². The molecule has 152 valence electrons. The van der Waals surface area contributed by atoms with Gasteiger partial charge in [0.15, 0.2) is 0 Å². The molecule has 29 heavy (non-hydrogen) atoms. The molecule has 1 N–H and O–H groups in total. The fourth-order valence-corrected chi connectivity index (χ4v) is 3.65. The highest BCUT2D eigenvalue weighted by molar-refractivity contribution is 5.74. The Kier molecular flexibility index (Phi) is 5.53. The van der Waals surface area contributed by atoms with Crippen LogP contribution in [0.2, 0.25) is 0 Å². The van der Waals surface area contributed by atoms with E-state index >= 15 is 0 Å². The lowest BCUT2D eigenvalue weighted by Gasteiger charge is -2.36. The topological polar surface area (TPSA) is 65.1 Å². The zero-order chi connectivity index (χ0) is 20.4. The minimum atomic E-state index is -2.54. The van der Waals surface area contributed by atoms with Crippen LogP contribution in [-0.4, -0.2) is 46.0 Å². The van der Waals surface area contributed by atoms with Crippen molar-refractivity contribution in [3.05, 3.63) is 63.8 Å². The van der Waals surface area contributed by atoms with E-state index in [4.69, 9.17) is 0 Å². The number of hydrogen-bond donors (Lipinski definition) is 1. The van der Waals surface area contributed by atoms with Crippen LogP contribution < -0.4 is 10.5 Å². The molecule has 0 bridgehead atoms. The number of hydrogen-bond acceptors (Lipinski definition) is 5. The molecule has 6 nitrogen and oxygen atoms in total. The molecule has 1 aliphatic rings. The molecule has 0 unspecified atom stereocenters. The Labute approximate surface area is 167 Å². The van der Waals surface area contributed by atoms with Crippen molar-refractivity contribution in [1.82, 2.24) is 19.9 Å². The third-order valence-electron chi connectivity index (χ3n) is 5.34. The number of aromatic nitrogens is 3. The summed E-state index contributed by atoms with van der Waals surface area (Å²) in [6.07, 6.45) is 1.52. The van der Waals surface area contributed by atoms with Gasteiger partial charge in [0.25, 0.3) is 12.0 Å². The molecule has 1 aliphatic heterocycles. The quantitative estimate of drug-likeness (QED) is 0.714. The van der Waals surface area contributed by atoms with Crippen LogP contribution >= 0.6 is 0 Å². The number of fused-ring (bicyclic) bond motifs is 1. The SMILES string of the molecule is CCc1cc2ncc(CN3CCN(c4ccc(C(F)F)nc4)CC3)cc2[nH]c1=O. The molecule has 0 aromatic carbocycles. The van der Waals surface area contributed by atoms with Crippen molar-refractivity contribution in [2.24, 2.45) is 0 Å². The molecule has 0 atom stereocenters. The molecule has 4 rings (SSSR count). The number of nitrogens with zero attached hydrogens (tertiary/aromatic N) is 4. The van der Waals surface area contributed by atoms with Gasteiger partial charge in [-0.3, -0.25) is 19.7 Å². The first-order chi connectivity index (χ1) is 14.0. The molecule has 0 spiro atoms. The summed E-state index contributed by atoms with van der Waals surface area (Å²) < 4.78 is 25.3. The van der Waals surface area contributed by atoms with E-state index in [2.05, 4.69) is 24.8 Å². The first-order valence-corrected chi connectivity index (χ1v) is 9.75. The van der Waals surface area contributed by atoms with E-state index in [0.29, 0.717) is 6.42 Å². The number of alkyl halides is 2. The summed E-state index contributed by atoms with van der Waals surface area (Å²) in [5, 5.41) is 0. The number of aromatic amines is 1. The summed E-state index contributed by atoms with van der Waals surface area (Å²) in [7, 11) is 0. The fraction of sp³-hybridized carbons (Fsp3) is 0.381. The van der Waals surface area contributed by atoms with Crippen molar-refractivity contribution in [1.29, 1.82) is 0 Å². The van der Waals surface area contributed by atoms with Crippen LogP contribution in [0, 0.1) is 0 Å². The predicted molar refractivity (Wildman–Crippen MR) is 108 cm³/mol. The first-order valence-electron chi connectivity index (χ1n) is 9.75. The summed E-state index contributed by atoms with van der Waals surface area (Å²) in [4.78, 5) is 27.8. The van der Waals surface area contributed by atoms with Crippen LogP contribution in [0.5, 0.6) is 0 Å². The molecule has 3 aromatic heterocycles. The fourth-order valence-electron chi connectivity index (χ4n) is 3.65. The van der Waals surface area contributed by atoms with E-state index in [9.17, 15) is 13.6 Å². The molecule has 4 heterocycles. The van der Waals surface area contributed by atoms with E-state index in [1.54, 1.807) is 6.07 Å². The standard InChI is InChI=1S/C21H23F2N5O/c1-2-15-10-18-19(26-21(15)29)9-14(11-24-18)13-27-5-7-28(8-6-27)16-3-4-17(20(22)23)25-12-16/h3-4,9-12,20H,2,5-8,13H2,1H3,(H,26,29). The van der Waals surface area contributed by atoms with Crippen molar-refractivity contribution >= 4 is 16.7 Å². The molecule has 0 saturated carbocycles. The Bertz CT molecular complexity index is 1040. The highest BCUT2D eigenvalue weighted by Crippen LogP contribution is 2.21. The molecular formula is C21H23F2N5O. The molecule has 1 saturated heterocycles. The largest absolute Gasteiger partial charge is 0.368 e. The minimum absolute atomic E-state index is 0.0564. The lowest BCUT2D eigenvalue weighted by Crippen LogP contribution is -2.46. The van der Waals surface area contributed by atoms with Crippen molar-refractivity contribution in [3.63, 3.8) is 0 Å². The number of H-pyrrole nitrogens is 1. The second-order valence-electron chi connectivity index (χ2n) is 7.26. The van der Waals surface area contributed by atoms with Gasteiger partial charge >= 0.3 is 0 Å². The average Bonchev–Trinajstić information content (AvgIpc) is 2.74. The predicted octanol–water partition coefficient (Wildman–Crippen LogP) is 3.14. The van der Waals surface area contributed by atoms with Gasteiger partial charge < -0.3 is 9.88 Å². The number of anilines is 1. The summed E-state index contributed by atoms with van der Waals surface area (Å²) in [6.45, 7) is 5.99. The Hall–Kier alpha value is -2.87. The molecule has 1 fully saturated rings. The van der Waals surface area contributed by atoms with Gasteiger partial charge in [-0.15, -0.1) is 0 Å². The highest BCUT2D eigenvalue weighted by Gasteiger charge is 2.18. The maximum atomic E-state index is 12.6. The lowest BCUT2D eigenvalue weighted by molar-refractivity contribution is 0.146. The second kappa shape index (κ2) is 8.24. The Morgan fingerprint density at radius 1 is 1.10 bits per heavy atom. The summed E-state index contributed by atoms with van der Waals surface area (Å²) in [6, 6.07) is 6.93. The van der Waals surface area contributed by atoms with Crippen molar-refractivity contribution in [2.45, 2.75) is 26.3 Å². The summed E-state index contributed by atoms with van der Waals surface area (Å²) in [5.74, 6) is 0. The van der Waals surface area contributed by atoms with Crippen molar-refractivity contribution < 1.29 is 8.78 Å². The number of rotatable bonds is 5. The van der Waals surface area contributed by atoms with Gasteiger partial charge in [0.2, 0.25) is 0 Å². The molecule has 3 aromatic rings. The van der Waals surface area contributed by atoms with Gasteiger partial charge in [-0.1, -0.05) is 6.92 Å². The lowest BCUT2D eigenvalue weighted by atomic mass is 10.1. The van der Waals surface area contributed by atoms with E-state index in [1.807, 2.05) is 25.3 Å². The maximum absolute atomic E-state index is 12.6. The number of aryl methyl sites for hydroxylation is 1. The number of nitrogens with one attached hydrogen (secondary N) is 1. The molecular weight excluding hydrogens is 376 g/mol. The molecule has 0 amide bonds. The van der Waals surface area contributed by atoms with Crippen LogP contribution in [-0.2, 0) is 13.0 Å². The normalized spacial score (nSPS) is 15.4. The second-order valence-corrected chi connectivity index (χ2v) is 7.26. The van der Waals surface area contributed by atoms with Gasteiger partial charge in [0.05, 0.1) is 22.9 Å². The van der Waals surface area contributed by atoms with Crippen LogP contribution in [0.4, 0.5) is 14.5 Å². The van der Waals surface area contributed by atoms with Gasteiger partial charge in [-0.05, 0) is 36.2 Å². The van der Waals surface area contributed by atoms with E-state index in [-0.39, 0.29) is 11.3 Å². The number of halogens is 2. The Morgan fingerprint density at radius 3 is 2.55 bits per heavy atom. The summed E-state index contributed by atoms with van der Waals surface area (Å²) in [5.41, 5.74) is 3.96. The maximum Gasteiger partial charge on any atom is 0.280 e. The third-order valence-corrected chi connectivity index (χ3v) is 5.34. The third kappa shape index (κ3) is 4.27. The van der Waals surface area contributed by atoms with Gasteiger partial charge in [0.1, 0.15) is 5.69 Å². The zero-order valence-electron chi connectivity index (χ0n) is 16.2. The average molecular weight is 399 g/mol. The smallest absolute Gasteiger partial charge is 0.280 e. The first kappa shape index (κ1) is 19.4. The van der Waals surface area contributed by atoms with Crippen LogP contribution in [0.3, 0.4) is 0 Å². The summed E-state index contributed by atoms with van der Waals surface area (Å²) >= 11 is 0. The van der Waals surface area contributed by atoms with E-state index in [1.165, 1.54) is 12.3 Å². The van der Waals surface area contributed by atoms with Crippen LogP contribution in [0.15, 0.2) is 41.5 Å².